The zero-order chi connectivity index (χ0) is 11.8. The van der Waals surface area contributed by atoms with E-state index in [0.29, 0.717) is 16.8 Å². The van der Waals surface area contributed by atoms with Crippen LogP contribution in [0.1, 0.15) is 30.9 Å². The molecule has 1 heterocycles. The van der Waals surface area contributed by atoms with Gasteiger partial charge in [-0.2, -0.15) is 4.68 Å². The normalized spacial score (nSPS) is 15.8. The van der Waals surface area contributed by atoms with Gasteiger partial charge in [-0.1, -0.05) is 35.4 Å². The molecule has 1 fully saturated rings. The number of para-hydroxylation sites is 1. The molecule has 0 spiro atoms. The first-order valence-electron chi connectivity index (χ1n) is 5.73. The standard InChI is InChI=1S/C12H13ClN4/c13-9-6-1-2-7-10(9)17-12(14)11(15-16-17)8-4-3-5-8/h1-2,6-8H,3-5,14H2. The van der Waals surface area contributed by atoms with Gasteiger partial charge in [-0.25, -0.2) is 0 Å². The first-order chi connectivity index (χ1) is 8.27. The molecule has 0 saturated heterocycles. The Balaban J connectivity index is 2.04. The predicted octanol–water partition coefficient (Wildman–Crippen LogP) is 2.77. The Bertz CT molecular complexity index is 545. The highest BCUT2D eigenvalue weighted by Crippen LogP contribution is 2.38. The zero-order valence-electron chi connectivity index (χ0n) is 9.31. The van der Waals surface area contributed by atoms with Gasteiger partial charge in [0.25, 0.3) is 0 Å². The first kappa shape index (κ1) is 10.6. The van der Waals surface area contributed by atoms with Crippen LogP contribution in [0.25, 0.3) is 5.69 Å². The molecule has 0 bridgehead atoms. The van der Waals surface area contributed by atoms with Crippen molar-refractivity contribution in [2.24, 2.45) is 0 Å². The lowest BCUT2D eigenvalue weighted by Gasteiger charge is -2.23. The molecule has 0 atom stereocenters. The van der Waals surface area contributed by atoms with E-state index < -0.39 is 0 Å². The molecule has 4 nitrogen and oxygen atoms in total. The Morgan fingerprint density at radius 2 is 2.06 bits per heavy atom. The van der Waals surface area contributed by atoms with E-state index in [1.165, 1.54) is 6.42 Å². The van der Waals surface area contributed by atoms with Crippen molar-refractivity contribution >= 4 is 17.4 Å². The van der Waals surface area contributed by atoms with Crippen molar-refractivity contribution in [3.05, 3.63) is 35.0 Å². The fourth-order valence-corrected chi connectivity index (χ4v) is 2.29. The molecule has 0 amide bonds. The second kappa shape index (κ2) is 4.04. The highest BCUT2D eigenvalue weighted by molar-refractivity contribution is 6.32. The van der Waals surface area contributed by atoms with Crippen molar-refractivity contribution in [1.29, 1.82) is 0 Å². The van der Waals surface area contributed by atoms with Gasteiger partial charge in [-0.15, -0.1) is 5.10 Å². The maximum atomic E-state index is 6.12. The lowest BCUT2D eigenvalue weighted by Crippen LogP contribution is -2.12. The molecule has 0 unspecified atom stereocenters. The van der Waals surface area contributed by atoms with Crippen LogP contribution in [0.15, 0.2) is 24.3 Å². The van der Waals surface area contributed by atoms with Crippen molar-refractivity contribution in [1.82, 2.24) is 15.0 Å². The summed E-state index contributed by atoms with van der Waals surface area (Å²) in [5.41, 5.74) is 7.79. The number of nitrogen functional groups attached to an aromatic ring is 1. The average molecular weight is 249 g/mol. The number of aromatic nitrogens is 3. The number of rotatable bonds is 2. The number of benzene rings is 1. The summed E-state index contributed by atoms with van der Waals surface area (Å²) >= 11 is 6.12. The van der Waals surface area contributed by atoms with Crippen LogP contribution in [0.2, 0.25) is 5.02 Å². The molecular weight excluding hydrogens is 236 g/mol. The molecule has 1 aromatic carbocycles. The van der Waals surface area contributed by atoms with Crippen LogP contribution in [0.3, 0.4) is 0 Å². The van der Waals surface area contributed by atoms with E-state index in [0.717, 1.165) is 24.2 Å². The number of nitrogens with two attached hydrogens (primary N) is 1. The van der Waals surface area contributed by atoms with Crippen LogP contribution >= 0.6 is 11.6 Å². The van der Waals surface area contributed by atoms with Crippen LogP contribution in [-0.2, 0) is 0 Å². The summed E-state index contributed by atoms with van der Waals surface area (Å²) in [6, 6.07) is 7.50. The largest absolute Gasteiger partial charge is 0.382 e. The number of hydrogen-bond acceptors (Lipinski definition) is 3. The number of hydrogen-bond donors (Lipinski definition) is 1. The summed E-state index contributed by atoms with van der Waals surface area (Å²) < 4.78 is 1.62. The zero-order valence-corrected chi connectivity index (χ0v) is 10.1. The van der Waals surface area contributed by atoms with E-state index >= 15 is 0 Å². The Kier molecular flexibility index (Phi) is 2.52. The molecule has 17 heavy (non-hydrogen) atoms. The van der Waals surface area contributed by atoms with E-state index in [1.807, 2.05) is 24.3 Å². The van der Waals surface area contributed by atoms with Gasteiger partial charge >= 0.3 is 0 Å². The summed E-state index contributed by atoms with van der Waals surface area (Å²) in [4.78, 5) is 0. The van der Waals surface area contributed by atoms with Gasteiger partial charge in [-0.3, -0.25) is 0 Å². The molecule has 1 aromatic heterocycles. The number of halogens is 1. The van der Waals surface area contributed by atoms with Gasteiger partial charge in [0.15, 0.2) is 5.82 Å². The Morgan fingerprint density at radius 1 is 1.29 bits per heavy atom. The van der Waals surface area contributed by atoms with E-state index in [-0.39, 0.29) is 0 Å². The Labute approximate surface area is 104 Å². The average Bonchev–Trinajstić information content (AvgIpc) is 2.60. The third-order valence-corrected chi connectivity index (χ3v) is 3.62. The van der Waals surface area contributed by atoms with Crippen LogP contribution in [0.5, 0.6) is 0 Å². The molecule has 2 N–H and O–H groups in total. The molecule has 5 heteroatoms. The van der Waals surface area contributed by atoms with Gasteiger partial charge in [0, 0.05) is 5.92 Å². The molecule has 0 radical (unpaired) electrons. The first-order valence-corrected chi connectivity index (χ1v) is 6.11. The Morgan fingerprint density at radius 3 is 2.71 bits per heavy atom. The summed E-state index contributed by atoms with van der Waals surface area (Å²) in [5, 5.41) is 8.92. The van der Waals surface area contributed by atoms with E-state index in [4.69, 9.17) is 17.3 Å². The summed E-state index contributed by atoms with van der Waals surface area (Å²) in [7, 11) is 0. The highest BCUT2D eigenvalue weighted by Gasteiger charge is 2.26. The van der Waals surface area contributed by atoms with Crippen LogP contribution in [-0.4, -0.2) is 15.0 Å². The molecule has 1 saturated carbocycles. The quantitative estimate of drug-likeness (QED) is 0.889. The summed E-state index contributed by atoms with van der Waals surface area (Å²) in [5.74, 6) is 1.09. The van der Waals surface area contributed by atoms with Gasteiger partial charge in [-0.05, 0) is 25.0 Å². The van der Waals surface area contributed by atoms with Gasteiger partial charge in [0.05, 0.1) is 10.7 Å². The minimum Gasteiger partial charge on any atom is -0.382 e. The number of nitrogens with zero attached hydrogens (tertiary/aromatic N) is 3. The van der Waals surface area contributed by atoms with Crippen molar-refractivity contribution in [2.75, 3.05) is 5.73 Å². The maximum Gasteiger partial charge on any atom is 0.151 e. The van der Waals surface area contributed by atoms with Crippen molar-refractivity contribution in [3.63, 3.8) is 0 Å². The monoisotopic (exact) mass is 248 g/mol. The molecule has 1 aliphatic rings. The molecular formula is C12H13ClN4. The van der Waals surface area contributed by atoms with Crippen molar-refractivity contribution < 1.29 is 0 Å². The van der Waals surface area contributed by atoms with Gasteiger partial charge in [0.2, 0.25) is 0 Å². The third-order valence-electron chi connectivity index (χ3n) is 3.31. The van der Waals surface area contributed by atoms with Crippen molar-refractivity contribution in [2.45, 2.75) is 25.2 Å². The fourth-order valence-electron chi connectivity index (χ4n) is 2.07. The van der Waals surface area contributed by atoms with Crippen molar-refractivity contribution in [3.8, 4) is 5.69 Å². The number of anilines is 1. The Hall–Kier alpha value is -1.55. The summed E-state index contributed by atoms with van der Waals surface area (Å²) in [6.07, 6.45) is 3.57. The highest BCUT2D eigenvalue weighted by atomic mass is 35.5. The van der Waals surface area contributed by atoms with Crippen LogP contribution in [0.4, 0.5) is 5.82 Å². The molecule has 0 aliphatic heterocycles. The van der Waals surface area contributed by atoms with Crippen LogP contribution in [0, 0.1) is 0 Å². The third kappa shape index (κ3) is 1.69. The minimum absolute atomic E-state index is 0.478. The second-order valence-electron chi connectivity index (χ2n) is 4.35. The lowest BCUT2D eigenvalue weighted by atomic mass is 9.83. The fraction of sp³-hybridized carbons (Fsp3) is 0.333. The van der Waals surface area contributed by atoms with Gasteiger partial charge < -0.3 is 5.73 Å². The molecule has 2 aromatic rings. The second-order valence-corrected chi connectivity index (χ2v) is 4.76. The SMILES string of the molecule is Nc1c(C2CCC2)nnn1-c1ccccc1Cl. The molecule has 88 valence electrons. The lowest BCUT2D eigenvalue weighted by molar-refractivity contribution is 0.411. The molecule has 1 aliphatic carbocycles. The van der Waals surface area contributed by atoms with E-state index in [1.54, 1.807) is 4.68 Å². The van der Waals surface area contributed by atoms with Gasteiger partial charge in [0.1, 0.15) is 5.69 Å². The smallest absolute Gasteiger partial charge is 0.151 e. The minimum atomic E-state index is 0.478. The molecule has 3 rings (SSSR count). The van der Waals surface area contributed by atoms with Crippen LogP contribution < -0.4 is 5.73 Å². The summed E-state index contributed by atoms with van der Waals surface area (Å²) in [6.45, 7) is 0. The topological polar surface area (TPSA) is 56.7 Å². The predicted molar refractivity (Wildman–Crippen MR) is 67.4 cm³/mol. The van der Waals surface area contributed by atoms with E-state index in [2.05, 4.69) is 10.3 Å². The maximum absolute atomic E-state index is 6.12. The van der Waals surface area contributed by atoms with E-state index in [9.17, 15) is 0 Å².